The molecule has 2 fully saturated rings. The lowest BCUT2D eigenvalue weighted by atomic mass is 9.79. The number of Topliss-reactive ketones (excluding diaryl/α,β-unsaturated/α-hetero) is 1. The second-order valence-electron chi connectivity index (χ2n) is 4.02. The lowest BCUT2D eigenvalue weighted by molar-refractivity contribution is -0.122. The summed E-state index contributed by atoms with van der Waals surface area (Å²) in [5.74, 6) is 1.81. The highest BCUT2D eigenvalue weighted by molar-refractivity contribution is 5.79. The lowest BCUT2D eigenvalue weighted by Crippen LogP contribution is -2.22. The maximum atomic E-state index is 11.2. The van der Waals surface area contributed by atoms with Crippen LogP contribution < -0.4 is 0 Å². The number of carbonyl (C=O) groups is 1. The molecule has 2 atom stereocenters. The Bertz CT molecular complexity index is 171. The van der Waals surface area contributed by atoms with Gasteiger partial charge in [-0.15, -0.1) is 0 Å². The third kappa shape index (κ3) is 1.69. The second kappa shape index (κ2) is 3.56. The van der Waals surface area contributed by atoms with Crippen LogP contribution in [0, 0.1) is 11.8 Å². The minimum Gasteiger partial charge on any atom is -0.381 e. The Hall–Kier alpha value is -0.370. The number of hydrogen-bond acceptors (Lipinski definition) is 2. The van der Waals surface area contributed by atoms with Crippen LogP contribution in [-0.2, 0) is 9.53 Å². The van der Waals surface area contributed by atoms with E-state index in [1.165, 1.54) is 12.8 Å². The Kier molecular flexibility index (Phi) is 2.45. The molecule has 2 aliphatic rings. The fourth-order valence-corrected chi connectivity index (χ4v) is 2.38. The van der Waals surface area contributed by atoms with Gasteiger partial charge >= 0.3 is 0 Å². The zero-order valence-corrected chi connectivity index (χ0v) is 7.42. The summed E-state index contributed by atoms with van der Waals surface area (Å²) >= 11 is 0. The van der Waals surface area contributed by atoms with Crippen LogP contribution in [0.5, 0.6) is 0 Å². The zero-order chi connectivity index (χ0) is 8.39. The summed E-state index contributed by atoms with van der Waals surface area (Å²) in [6.07, 6.45) is 5.19. The molecule has 1 aliphatic heterocycles. The van der Waals surface area contributed by atoms with Crippen LogP contribution in [-0.4, -0.2) is 19.0 Å². The summed E-state index contributed by atoms with van der Waals surface area (Å²) in [7, 11) is 0. The van der Waals surface area contributed by atoms with Gasteiger partial charge in [-0.05, 0) is 31.1 Å². The van der Waals surface area contributed by atoms with Crippen molar-refractivity contribution < 1.29 is 9.53 Å². The number of carbonyl (C=O) groups excluding carboxylic acids is 1. The molecule has 2 unspecified atom stereocenters. The van der Waals surface area contributed by atoms with Crippen molar-refractivity contribution in [3.05, 3.63) is 0 Å². The molecule has 1 saturated heterocycles. The largest absolute Gasteiger partial charge is 0.381 e. The van der Waals surface area contributed by atoms with Gasteiger partial charge in [-0.3, -0.25) is 4.79 Å². The van der Waals surface area contributed by atoms with E-state index in [1.54, 1.807) is 0 Å². The minimum atomic E-state index is 0.471. The molecule has 0 aromatic carbocycles. The molecular formula is C10H16O2. The highest BCUT2D eigenvalue weighted by Crippen LogP contribution is 2.32. The Morgan fingerprint density at radius 2 is 2.17 bits per heavy atom. The summed E-state index contributed by atoms with van der Waals surface area (Å²) < 4.78 is 5.33. The smallest absolute Gasteiger partial charge is 0.133 e. The third-order valence-electron chi connectivity index (χ3n) is 3.15. The van der Waals surface area contributed by atoms with Crippen molar-refractivity contribution in [2.24, 2.45) is 11.8 Å². The van der Waals surface area contributed by atoms with Crippen LogP contribution in [0.1, 0.15) is 32.1 Å². The van der Waals surface area contributed by atoms with Gasteiger partial charge in [-0.2, -0.15) is 0 Å². The molecule has 0 amide bonds. The van der Waals surface area contributed by atoms with Gasteiger partial charge < -0.3 is 4.74 Å². The number of rotatable bonds is 1. The molecule has 2 rings (SSSR count). The van der Waals surface area contributed by atoms with Gasteiger partial charge in [0.25, 0.3) is 0 Å². The minimum absolute atomic E-state index is 0.471. The maximum Gasteiger partial charge on any atom is 0.133 e. The SMILES string of the molecule is O=C1CCCC(C2CCOC2)C1. The van der Waals surface area contributed by atoms with Crippen LogP contribution in [0.2, 0.25) is 0 Å². The van der Waals surface area contributed by atoms with E-state index < -0.39 is 0 Å². The molecule has 68 valence electrons. The first-order chi connectivity index (χ1) is 5.86. The van der Waals surface area contributed by atoms with E-state index in [4.69, 9.17) is 4.74 Å². The van der Waals surface area contributed by atoms with E-state index in [0.717, 1.165) is 32.5 Å². The van der Waals surface area contributed by atoms with Crippen molar-refractivity contribution in [2.45, 2.75) is 32.1 Å². The molecule has 0 N–H and O–H groups in total. The van der Waals surface area contributed by atoms with Crippen LogP contribution in [0.15, 0.2) is 0 Å². The first-order valence-electron chi connectivity index (χ1n) is 4.95. The predicted octanol–water partition coefficient (Wildman–Crippen LogP) is 1.78. The molecule has 0 spiro atoms. The number of ether oxygens (including phenoxy) is 1. The van der Waals surface area contributed by atoms with Crippen molar-refractivity contribution in [3.63, 3.8) is 0 Å². The zero-order valence-electron chi connectivity index (χ0n) is 7.42. The molecular weight excluding hydrogens is 152 g/mol. The Morgan fingerprint density at radius 3 is 2.83 bits per heavy atom. The summed E-state index contributed by atoms with van der Waals surface area (Å²) in [6, 6.07) is 0. The first kappa shape index (κ1) is 8.24. The van der Waals surface area contributed by atoms with E-state index in [2.05, 4.69) is 0 Å². The third-order valence-corrected chi connectivity index (χ3v) is 3.15. The van der Waals surface area contributed by atoms with Crippen LogP contribution >= 0.6 is 0 Å². The van der Waals surface area contributed by atoms with Gasteiger partial charge in [-0.25, -0.2) is 0 Å². The highest BCUT2D eigenvalue weighted by atomic mass is 16.5. The predicted molar refractivity (Wildman–Crippen MR) is 45.9 cm³/mol. The fourth-order valence-electron chi connectivity index (χ4n) is 2.38. The van der Waals surface area contributed by atoms with E-state index in [1.807, 2.05) is 0 Å². The highest BCUT2D eigenvalue weighted by Gasteiger charge is 2.29. The molecule has 0 bridgehead atoms. The van der Waals surface area contributed by atoms with Crippen molar-refractivity contribution in [1.82, 2.24) is 0 Å². The second-order valence-corrected chi connectivity index (χ2v) is 4.02. The number of hydrogen-bond donors (Lipinski definition) is 0. The summed E-state index contributed by atoms with van der Waals surface area (Å²) in [6.45, 7) is 1.81. The fraction of sp³-hybridized carbons (Fsp3) is 0.900. The Morgan fingerprint density at radius 1 is 1.25 bits per heavy atom. The molecule has 0 aromatic heterocycles. The van der Waals surface area contributed by atoms with Crippen molar-refractivity contribution >= 4 is 5.78 Å². The topological polar surface area (TPSA) is 26.3 Å². The van der Waals surface area contributed by atoms with Gasteiger partial charge in [0, 0.05) is 26.1 Å². The van der Waals surface area contributed by atoms with Crippen LogP contribution in [0.4, 0.5) is 0 Å². The van der Waals surface area contributed by atoms with Crippen LogP contribution in [0.3, 0.4) is 0 Å². The number of ketones is 1. The van der Waals surface area contributed by atoms with E-state index >= 15 is 0 Å². The molecule has 12 heavy (non-hydrogen) atoms. The average molecular weight is 168 g/mol. The molecule has 0 radical (unpaired) electrons. The quantitative estimate of drug-likeness (QED) is 0.596. The molecule has 2 heteroatoms. The lowest BCUT2D eigenvalue weighted by Gasteiger charge is -2.25. The van der Waals surface area contributed by atoms with Crippen molar-refractivity contribution in [3.8, 4) is 0 Å². The monoisotopic (exact) mass is 168 g/mol. The standard InChI is InChI=1S/C10H16O2/c11-10-3-1-2-8(6-10)9-4-5-12-7-9/h8-9H,1-7H2. The van der Waals surface area contributed by atoms with Gasteiger partial charge in [0.2, 0.25) is 0 Å². The van der Waals surface area contributed by atoms with E-state index in [-0.39, 0.29) is 0 Å². The van der Waals surface area contributed by atoms with Crippen LogP contribution in [0.25, 0.3) is 0 Å². The van der Waals surface area contributed by atoms with E-state index in [0.29, 0.717) is 17.6 Å². The van der Waals surface area contributed by atoms with Gasteiger partial charge in [-0.1, -0.05) is 0 Å². The molecule has 2 nitrogen and oxygen atoms in total. The molecule has 1 saturated carbocycles. The molecule has 1 aliphatic carbocycles. The van der Waals surface area contributed by atoms with Crippen molar-refractivity contribution in [1.29, 1.82) is 0 Å². The first-order valence-corrected chi connectivity index (χ1v) is 4.95. The normalized spacial score (nSPS) is 37.2. The Balaban J connectivity index is 1.89. The van der Waals surface area contributed by atoms with Gasteiger partial charge in [0.15, 0.2) is 0 Å². The summed E-state index contributed by atoms with van der Waals surface area (Å²) in [5.41, 5.74) is 0. The summed E-state index contributed by atoms with van der Waals surface area (Å²) in [5, 5.41) is 0. The molecule has 0 aromatic rings. The summed E-state index contributed by atoms with van der Waals surface area (Å²) in [4.78, 5) is 11.2. The maximum absolute atomic E-state index is 11.2. The Labute approximate surface area is 73.3 Å². The average Bonchev–Trinajstić information content (AvgIpc) is 2.56. The van der Waals surface area contributed by atoms with E-state index in [9.17, 15) is 4.79 Å². The van der Waals surface area contributed by atoms with Gasteiger partial charge in [0.1, 0.15) is 5.78 Å². The van der Waals surface area contributed by atoms with Crippen molar-refractivity contribution in [2.75, 3.05) is 13.2 Å². The molecule has 1 heterocycles. The van der Waals surface area contributed by atoms with Gasteiger partial charge in [0.05, 0.1) is 0 Å².